The van der Waals surface area contributed by atoms with Crippen molar-refractivity contribution in [2.45, 2.75) is 16.7 Å². The molecule has 0 N–H and O–H groups in total. The lowest BCUT2D eigenvalue weighted by atomic mass is 10.3. The molecule has 0 spiro atoms. The molecule has 0 aromatic heterocycles. The molecule has 1 atom stereocenters. The molecule has 2 rings (SSSR count). The molecule has 3 nitrogen and oxygen atoms in total. The minimum absolute atomic E-state index is 0.0337. The Hall–Kier alpha value is -0.700. The molecule has 1 unspecified atom stereocenters. The van der Waals surface area contributed by atoms with Gasteiger partial charge in [-0.05, 0) is 45.9 Å². The molecule has 1 amide bonds. The average molecular weight is 332 g/mol. The van der Waals surface area contributed by atoms with E-state index in [1.807, 2.05) is 23.6 Å². The zero-order chi connectivity index (χ0) is 12.4. The number of carbonyl (C=O) groups is 1. The van der Waals surface area contributed by atoms with Gasteiger partial charge in [-0.3, -0.25) is 4.79 Å². The van der Waals surface area contributed by atoms with Gasteiger partial charge in [-0.2, -0.15) is 5.26 Å². The highest BCUT2D eigenvalue weighted by molar-refractivity contribution is 9.10. The predicted octanol–water partition coefficient (Wildman–Crippen LogP) is 3.37. The minimum Gasteiger partial charge on any atom is -0.310 e. The van der Waals surface area contributed by atoms with E-state index >= 15 is 0 Å². The van der Waals surface area contributed by atoms with Gasteiger partial charge in [0.25, 0.3) is 0 Å². The largest absolute Gasteiger partial charge is 0.310 e. The number of benzene rings is 1. The Kier molecular flexibility index (Phi) is 3.97. The summed E-state index contributed by atoms with van der Waals surface area (Å²) in [5.74, 6) is 0.0337. The van der Waals surface area contributed by atoms with Gasteiger partial charge < -0.3 is 4.90 Å². The number of rotatable bonds is 2. The number of nitriles is 1. The van der Waals surface area contributed by atoms with E-state index in [0.29, 0.717) is 13.0 Å². The van der Waals surface area contributed by atoms with Gasteiger partial charge in [0.1, 0.15) is 5.40 Å². The van der Waals surface area contributed by atoms with E-state index in [1.165, 1.54) is 0 Å². The van der Waals surface area contributed by atoms with Crippen LogP contribution in [0.15, 0.2) is 27.6 Å². The number of anilines is 1. The Bertz CT molecular complexity index is 503. The maximum atomic E-state index is 11.7. The van der Waals surface area contributed by atoms with E-state index < -0.39 is 0 Å². The van der Waals surface area contributed by atoms with Crippen LogP contribution in [0.2, 0.25) is 0 Å². The first-order valence-corrected chi connectivity index (χ1v) is 6.96. The van der Waals surface area contributed by atoms with Crippen LogP contribution in [0, 0.1) is 10.7 Å². The number of nitrogens with zero attached hydrogens (tertiary/aromatic N) is 2. The molecule has 0 radical (unpaired) electrons. The number of amides is 1. The molecule has 0 aliphatic carbocycles. The van der Waals surface area contributed by atoms with Gasteiger partial charge in [-0.15, -0.1) is 11.6 Å². The van der Waals surface area contributed by atoms with Gasteiger partial charge in [0.15, 0.2) is 0 Å². The van der Waals surface area contributed by atoms with Crippen LogP contribution >= 0.6 is 39.3 Å². The molecule has 1 aromatic carbocycles. The Morgan fingerprint density at radius 2 is 2.35 bits per heavy atom. The lowest BCUT2D eigenvalue weighted by Crippen LogP contribution is -2.24. The molecule has 88 valence electrons. The first-order valence-electron chi connectivity index (χ1n) is 4.91. The lowest BCUT2D eigenvalue weighted by Gasteiger charge is -2.17. The molecule has 17 heavy (non-hydrogen) atoms. The van der Waals surface area contributed by atoms with Crippen LogP contribution in [-0.4, -0.2) is 17.8 Å². The van der Waals surface area contributed by atoms with Crippen LogP contribution in [0.5, 0.6) is 0 Å². The van der Waals surface area contributed by atoms with Crippen LogP contribution in [0.4, 0.5) is 5.69 Å². The van der Waals surface area contributed by atoms with Crippen molar-refractivity contribution in [3.63, 3.8) is 0 Å². The summed E-state index contributed by atoms with van der Waals surface area (Å²) in [6, 6.07) is 5.48. The fourth-order valence-corrected chi connectivity index (χ4v) is 3.15. The summed E-state index contributed by atoms with van der Waals surface area (Å²) >= 11 is 10.5. The SMILES string of the molecule is N#CSc1ccc(N2CC(Cl)CC2=O)c(Br)c1. The summed E-state index contributed by atoms with van der Waals surface area (Å²) < 4.78 is 0.803. The number of alkyl halides is 1. The van der Waals surface area contributed by atoms with Crippen LogP contribution < -0.4 is 4.90 Å². The third kappa shape index (κ3) is 2.76. The van der Waals surface area contributed by atoms with E-state index in [4.69, 9.17) is 16.9 Å². The third-order valence-electron chi connectivity index (χ3n) is 2.45. The number of thioether (sulfide) groups is 1. The van der Waals surface area contributed by atoms with E-state index in [0.717, 1.165) is 26.8 Å². The van der Waals surface area contributed by atoms with Crippen molar-refractivity contribution in [2.24, 2.45) is 0 Å². The summed E-state index contributed by atoms with van der Waals surface area (Å²) in [4.78, 5) is 14.2. The second-order valence-corrected chi connectivity index (χ2v) is 5.94. The fraction of sp³-hybridized carbons (Fsp3) is 0.273. The molecule has 1 saturated heterocycles. The second kappa shape index (κ2) is 5.30. The first kappa shape index (κ1) is 12.7. The van der Waals surface area contributed by atoms with E-state index in [-0.39, 0.29) is 11.3 Å². The van der Waals surface area contributed by atoms with Crippen molar-refractivity contribution >= 4 is 50.9 Å². The number of halogens is 2. The number of thiocyanates is 1. The smallest absolute Gasteiger partial charge is 0.228 e. The van der Waals surface area contributed by atoms with Crippen LogP contribution in [0.3, 0.4) is 0 Å². The molecule has 1 aromatic rings. The molecule has 6 heteroatoms. The van der Waals surface area contributed by atoms with Crippen molar-refractivity contribution in [2.75, 3.05) is 11.4 Å². The number of hydrogen-bond acceptors (Lipinski definition) is 3. The standard InChI is InChI=1S/C11H8BrClN2OS/c12-9-4-8(17-6-14)1-2-10(9)15-5-7(13)3-11(15)16/h1-2,4,7H,3,5H2. The highest BCUT2D eigenvalue weighted by Gasteiger charge is 2.30. The molecular weight excluding hydrogens is 324 g/mol. The predicted molar refractivity (Wildman–Crippen MR) is 72.2 cm³/mol. The van der Waals surface area contributed by atoms with E-state index in [1.54, 1.807) is 4.90 Å². The van der Waals surface area contributed by atoms with Gasteiger partial charge in [-0.1, -0.05) is 0 Å². The van der Waals surface area contributed by atoms with Crippen LogP contribution in [0.1, 0.15) is 6.42 Å². The van der Waals surface area contributed by atoms with Gasteiger partial charge in [0, 0.05) is 22.3 Å². The molecular formula is C11H8BrClN2OS. The molecule has 1 heterocycles. The van der Waals surface area contributed by atoms with Gasteiger partial charge in [-0.25, -0.2) is 0 Å². The fourth-order valence-electron chi connectivity index (χ4n) is 1.72. The second-order valence-electron chi connectivity index (χ2n) is 3.61. The topological polar surface area (TPSA) is 44.1 Å². The van der Waals surface area contributed by atoms with Crippen LogP contribution in [-0.2, 0) is 4.79 Å². The Balaban J connectivity index is 2.28. The van der Waals surface area contributed by atoms with Crippen molar-refractivity contribution in [3.8, 4) is 5.40 Å². The van der Waals surface area contributed by atoms with E-state index in [9.17, 15) is 4.79 Å². The summed E-state index contributed by atoms with van der Waals surface area (Å²) in [5, 5.41) is 10.5. The quantitative estimate of drug-likeness (QED) is 0.474. The van der Waals surface area contributed by atoms with Crippen molar-refractivity contribution < 1.29 is 4.79 Å². The van der Waals surface area contributed by atoms with E-state index in [2.05, 4.69) is 15.9 Å². The molecule has 0 saturated carbocycles. The van der Waals surface area contributed by atoms with Crippen molar-refractivity contribution in [3.05, 3.63) is 22.7 Å². The molecule has 1 aliphatic rings. The summed E-state index contributed by atoms with van der Waals surface area (Å²) in [5.41, 5.74) is 0.806. The van der Waals surface area contributed by atoms with Gasteiger partial charge >= 0.3 is 0 Å². The van der Waals surface area contributed by atoms with Gasteiger partial charge in [0.2, 0.25) is 5.91 Å². The van der Waals surface area contributed by atoms with Crippen molar-refractivity contribution in [1.82, 2.24) is 0 Å². The summed E-state index contributed by atoms with van der Waals surface area (Å²) in [6.07, 6.45) is 0.378. The maximum Gasteiger partial charge on any atom is 0.228 e. The Morgan fingerprint density at radius 3 is 2.88 bits per heavy atom. The highest BCUT2D eigenvalue weighted by Crippen LogP contribution is 2.33. The van der Waals surface area contributed by atoms with Crippen LogP contribution in [0.25, 0.3) is 0 Å². The Morgan fingerprint density at radius 1 is 1.59 bits per heavy atom. The summed E-state index contributed by atoms with van der Waals surface area (Å²) in [7, 11) is 0. The average Bonchev–Trinajstić information content (AvgIpc) is 2.58. The maximum absolute atomic E-state index is 11.7. The number of hydrogen-bond donors (Lipinski definition) is 0. The van der Waals surface area contributed by atoms with Crippen molar-refractivity contribution in [1.29, 1.82) is 5.26 Å². The normalized spacial score (nSPS) is 19.5. The third-order valence-corrected chi connectivity index (χ3v) is 3.96. The molecule has 0 bridgehead atoms. The summed E-state index contributed by atoms with van der Waals surface area (Å²) in [6.45, 7) is 0.531. The lowest BCUT2D eigenvalue weighted by molar-refractivity contribution is -0.117. The zero-order valence-electron chi connectivity index (χ0n) is 8.69. The first-order chi connectivity index (χ1) is 8.11. The van der Waals surface area contributed by atoms with Gasteiger partial charge in [0.05, 0.1) is 11.1 Å². The molecule has 1 aliphatic heterocycles. The Labute approximate surface area is 117 Å². The highest BCUT2D eigenvalue weighted by atomic mass is 79.9. The number of carbonyl (C=O) groups excluding carboxylic acids is 1. The zero-order valence-corrected chi connectivity index (χ0v) is 11.8. The minimum atomic E-state index is -0.123. The molecule has 1 fully saturated rings. The monoisotopic (exact) mass is 330 g/mol.